The Morgan fingerprint density at radius 2 is 1.83 bits per heavy atom. The second-order valence-corrected chi connectivity index (χ2v) is 7.29. The molecule has 102 valence electrons. The lowest BCUT2D eigenvalue weighted by Gasteiger charge is -2.21. The van der Waals surface area contributed by atoms with E-state index >= 15 is 0 Å². The molecule has 0 amide bonds. The molecule has 1 atom stereocenters. The highest BCUT2D eigenvalue weighted by molar-refractivity contribution is 8.00. The van der Waals surface area contributed by atoms with Crippen LogP contribution in [0.4, 0.5) is 0 Å². The summed E-state index contributed by atoms with van der Waals surface area (Å²) in [6.07, 6.45) is 1.03. The molecular formula is C15H25NOS. The van der Waals surface area contributed by atoms with Crippen LogP contribution < -0.4 is 10.5 Å². The van der Waals surface area contributed by atoms with Gasteiger partial charge in [0.05, 0.1) is 6.61 Å². The lowest BCUT2D eigenvalue weighted by Crippen LogP contribution is -2.17. The van der Waals surface area contributed by atoms with Crippen LogP contribution >= 0.6 is 11.8 Å². The number of hydrogen-bond donors (Lipinski definition) is 1. The van der Waals surface area contributed by atoms with E-state index in [9.17, 15) is 0 Å². The second kappa shape index (κ2) is 7.05. The molecule has 0 aliphatic heterocycles. The van der Waals surface area contributed by atoms with Gasteiger partial charge in [-0.05, 0) is 24.1 Å². The Bertz CT molecular complexity index is 343. The van der Waals surface area contributed by atoms with Crippen molar-refractivity contribution < 1.29 is 4.74 Å². The van der Waals surface area contributed by atoms with Crippen molar-refractivity contribution in [3.63, 3.8) is 0 Å². The lowest BCUT2D eigenvalue weighted by atomic mass is 10.1. The molecule has 0 heterocycles. The fourth-order valence-corrected chi connectivity index (χ4v) is 2.34. The molecule has 0 radical (unpaired) electrons. The van der Waals surface area contributed by atoms with Crippen molar-refractivity contribution in [3.8, 4) is 5.75 Å². The van der Waals surface area contributed by atoms with Crippen molar-refractivity contribution in [2.75, 3.05) is 12.4 Å². The summed E-state index contributed by atoms with van der Waals surface area (Å²) in [4.78, 5) is 0. The minimum atomic E-state index is 0.0921. The summed E-state index contributed by atoms with van der Waals surface area (Å²) in [5.41, 5.74) is 7.37. The van der Waals surface area contributed by atoms with Gasteiger partial charge in [0.25, 0.3) is 0 Å². The summed E-state index contributed by atoms with van der Waals surface area (Å²) in [7, 11) is 0. The van der Waals surface area contributed by atoms with E-state index < -0.39 is 0 Å². The molecule has 0 saturated carbocycles. The Morgan fingerprint density at radius 1 is 1.22 bits per heavy atom. The summed E-state index contributed by atoms with van der Waals surface area (Å²) in [6.45, 7) is 9.52. The maximum absolute atomic E-state index is 6.19. The Morgan fingerprint density at radius 3 is 2.33 bits per heavy atom. The molecule has 2 N–H and O–H groups in total. The number of nitrogens with two attached hydrogens (primary N) is 1. The fraction of sp³-hybridized carbons (Fsp3) is 0.600. The quantitative estimate of drug-likeness (QED) is 0.846. The van der Waals surface area contributed by atoms with Crippen molar-refractivity contribution >= 4 is 11.8 Å². The molecule has 1 unspecified atom stereocenters. The third-order valence-electron chi connectivity index (χ3n) is 2.48. The second-order valence-electron chi connectivity index (χ2n) is 5.45. The molecule has 0 fully saturated rings. The zero-order valence-corrected chi connectivity index (χ0v) is 12.7. The van der Waals surface area contributed by atoms with Crippen LogP contribution in [-0.4, -0.2) is 17.1 Å². The Labute approximate surface area is 115 Å². The zero-order valence-electron chi connectivity index (χ0n) is 11.9. The highest BCUT2D eigenvalue weighted by Gasteiger charge is 2.14. The Hall–Kier alpha value is -0.670. The number of ether oxygens (including phenoxy) is 1. The first kappa shape index (κ1) is 15.4. The predicted molar refractivity (Wildman–Crippen MR) is 81.4 cm³/mol. The van der Waals surface area contributed by atoms with Crippen molar-refractivity contribution in [1.82, 2.24) is 0 Å². The first-order valence-electron chi connectivity index (χ1n) is 6.54. The zero-order chi connectivity index (χ0) is 13.6. The first-order valence-corrected chi connectivity index (χ1v) is 7.53. The monoisotopic (exact) mass is 267 g/mol. The third kappa shape index (κ3) is 5.78. The molecule has 0 aromatic heterocycles. The average Bonchev–Trinajstić information content (AvgIpc) is 2.33. The van der Waals surface area contributed by atoms with Gasteiger partial charge in [0.1, 0.15) is 5.75 Å². The van der Waals surface area contributed by atoms with Crippen LogP contribution in [0.15, 0.2) is 24.3 Å². The van der Waals surface area contributed by atoms with Gasteiger partial charge < -0.3 is 10.5 Å². The van der Waals surface area contributed by atoms with Gasteiger partial charge in [-0.25, -0.2) is 0 Å². The molecule has 0 saturated heterocycles. The average molecular weight is 267 g/mol. The van der Waals surface area contributed by atoms with E-state index in [0.29, 0.717) is 0 Å². The Balaban J connectivity index is 2.51. The van der Waals surface area contributed by atoms with Crippen molar-refractivity contribution in [2.45, 2.75) is 44.9 Å². The number of hydrogen-bond acceptors (Lipinski definition) is 3. The molecule has 1 aromatic rings. The highest BCUT2D eigenvalue weighted by Crippen LogP contribution is 2.27. The summed E-state index contributed by atoms with van der Waals surface area (Å²) in [5.74, 6) is 1.87. The van der Waals surface area contributed by atoms with Crippen molar-refractivity contribution in [3.05, 3.63) is 29.8 Å². The van der Waals surface area contributed by atoms with Crippen LogP contribution in [0.2, 0.25) is 0 Å². The summed E-state index contributed by atoms with van der Waals surface area (Å²) in [6, 6.07) is 8.24. The van der Waals surface area contributed by atoms with Gasteiger partial charge in [0, 0.05) is 16.5 Å². The molecule has 3 heteroatoms. The van der Waals surface area contributed by atoms with Gasteiger partial charge in [-0.15, -0.1) is 0 Å². The molecule has 0 aliphatic carbocycles. The van der Waals surface area contributed by atoms with Crippen molar-refractivity contribution in [2.24, 2.45) is 5.73 Å². The predicted octanol–water partition coefficient (Wildman–Crippen LogP) is 4.01. The molecule has 0 aliphatic rings. The topological polar surface area (TPSA) is 35.2 Å². The van der Waals surface area contributed by atoms with Crippen LogP contribution in [0, 0.1) is 0 Å². The number of thioether (sulfide) groups is 1. The van der Waals surface area contributed by atoms with Gasteiger partial charge in [0.15, 0.2) is 0 Å². The SMILES string of the molecule is CCCOc1ccc(C(N)CSC(C)(C)C)cc1. The summed E-state index contributed by atoms with van der Waals surface area (Å²) < 4.78 is 5.82. The van der Waals surface area contributed by atoms with E-state index in [-0.39, 0.29) is 10.8 Å². The van der Waals surface area contributed by atoms with Gasteiger partial charge in [-0.2, -0.15) is 11.8 Å². The van der Waals surface area contributed by atoms with Gasteiger partial charge >= 0.3 is 0 Å². The molecular weight excluding hydrogens is 242 g/mol. The Kier molecular flexibility index (Phi) is 6.03. The van der Waals surface area contributed by atoms with Crippen molar-refractivity contribution in [1.29, 1.82) is 0 Å². The van der Waals surface area contributed by atoms with Gasteiger partial charge in [0.2, 0.25) is 0 Å². The number of benzene rings is 1. The van der Waals surface area contributed by atoms with Crippen LogP contribution in [0.25, 0.3) is 0 Å². The van der Waals surface area contributed by atoms with Crippen LogP contribution in [0.5, 0.6) is 5.75 Å². The van der Waals surface area contributed by atoms with E-state index in [2.05, 4.69) is 39.8 Å². The maximum Gasteiger partial charge on any atom is 0.119 e. The van der Waals surface area contributed by atoms with E-state index in [1.807, 2.05) is 23.9 Å². The third-order valence-corrected chi connectivity index (χ3v) is 3.87. The van der Waals surface area contributed by atoms with E-state index in [1.54, 1.807) is 0 Å². The molecule has 2 nitrogen and oxygen atoms in total. The minimum Gasteiger partial charge on any atom is -0.494 e. The molecule has 1 aromatic carbocycles. The smallest absolute Gasteiger partial charge is 0.119 e. The van der Waals surface area contributed by atoms with Crippen LogP contribution in [-0.2, 0) is 0 Å². The summed E-state index contributed by atoms with van der Waals surface area (Å²) >= 11 is 1.90. The molecule has 0 bridgehead atoms. The minimum absolute atomic E-state index is 0.0921. The van der Waals surface area contributed by atoms with E-state index in [0.717, 1.165) is 24.5 Å². The maximum atomic E-state index is 6.19. The van der Waals surface area contributed by atoms with E-state index in [1.165, 1.54) is 5.56 Å². The molecule has 18 heavy (non-hydrogen) atoms. The standard InChI is InChI=1S/C15H25NOS/c1-5-10-17-13-8-6-12(7-9-13)14(16)11-18-15(2,3)4/h6-9,14H,5,10-11,16H2,1-4H3. The van der Waals surface area contributed by atoms with E-state index in [4.69, 9.17) is 10.5 Å². The van der Waals surface area contributed by atoms with Gasteiger partial charge in [-0.1, -0.05) is 39.8 Å². The summed E-state index contributed by atoms with van der Waals surface area (Å²) in [5, 5.41) is 0. The molecule has 0 spiro atoms. The fourth-order valence-electron chi connectivity index (χ4n) is 1.47. The largest absolute Gasteiger partial charge is 0.494 e. The highest BCUT2D eigenvalue weighted by atomic mass is 32.2. The lowest BCUT2D eigenvalue weighted by molar-refractivity contribution is 0.317. The number of rotatable bonds is 6. The molecule has 1 rings (SSSR count). The van der Waals surface area contributed by atoms with Crippen LogP contribution in [0.3, 0.4) is 0 Å². The van der Waals surface area contributed by atoms with Crippen LogP contribution in [0.1, 0.15) is 45.7 Å². The first-order chi connectivity index (χ1) is 8.42. The van der Waals surface area contributed by atoms with Gasteiger partial charge in [-0.3, -0.25) is 0 Å². The normalized spacial score (nSPS) is 13.4.